The molecule has 0 aliphatic carbocycles. The molecule has 0 bridgehead atoms. The molecule has 138 valence electrons. The zero-order valence-corrected chi connectivity index (χ0v) is 16.2. The van der Waals surface area contributed by atoms with Crippen LogP contribution in [0.25, 0.3) is 21.3 Å². The van der Waals surface area contributed by atoms with E-state index in [1.54, 1.807) is 28.4 Å². The van der Waals surface area contributed by atoms with E-state index >= 15 is 0 Å². The third-order valence-corrected chi connectivity index (χ3v) is 6.09. The monoisotopic (exact) mass is 406 g/mol. The molecule has 4 aromatic rings. The first kappa shape index (κ1) is 17.4. The second kappa shape index (κ2) is 6.71. The molecule has 1 aromatic heterocycles. The van der Waals surface area contributed by atoms with Crippen LogP contribution in [-0.2, 0) is 11.3 Å². The quantitative estimate of drug-likeness (QED) is 0.509. The number of thiazole rings is 1. The minimum absolute atomic E-state index is 0.309. The van der Waals surface area contributed by atoms with Gasteiger partial charge in [-0.3, -0.25) is 4.79 Å². The maximum atomic E-state index is 12.8. The summed E-state index contributed by atoms with van der Waals surface area (Å²) in [4.78, 5) is 18.8. The Balaban J connectivity index is 1.59. The van der Waals surface area contributed by atoms with Crippen LogP contribution in [0, 0.1) is 0 Å². The van der Waals surface area contributed by atoms with Crippen LogP contribution in [-0.4, -0.2) is 16.0 Å². The number of fused-ring (bicyclic) bond motifs is 2. The van der Waals surface area contributed by atoms with Crippen molar-refractivity contribution < 1.29 is 9.90 Å². The Morgan fingerprint density at radius 1 is 1.11 bits per heavy atom. The van der Waals surface area contributed by atoms with Crippen molar-refractivity contribution in [3.8, 4) is 11.1 Å². The van der Waals surface area contributed by atoms with Gasteiger partial charge in [-0.2, -0.15) is 0 Å². The van der Waals surface area contributed by atoms with Crippen LogP contribution in [0.3, 0.4) is 0 Å². The number of aromatic nitrogens is 1. The number of rotatable bonds is 3. The molecule has 0 fully saturated rings. The average molecular weight is 407 g/mol. The van der Waals surface area contributed by atoms with Gasteiger partial charge < -0.3 is 10.0 Å². The summed E-state index contributed by atoms with van der Waals surface area (Å²) < 4.78 is 1.08. The first-order valence-corrected chi connectivity index (χ1v) is 10.1. The molecule has 1 aliphatic heterocycles. The zero-order chi connectivity index (χ0) is 19.3. The van der Waals surface area contributed by atoms with Crippen LogP contribution < -0.4 is 4.90 Å². The number of benzene rings is 3. The Morgan fingerprint density at radius 3 is 2.75 bits per heavy atom. The number of carbonyl (C=O) groups excluding carboxylic acids is 1. The number of hydrogen-bond acceptors (Lipinski definition) is 4. The number of nitrogens with zero attached hydrogens (tertiary/aromatic N) is 2. The SMILES string of the molecule is O=C1C(O)c2c(-c3ccc4ncsc4c3)cccc2N1Cc1ccc(Cl)cc1. The summed E-state index contributed by atoms with van der Waals surface area (Å²) in [6, 6.07) is 19.1. The van der Waals surface area contributed by atoms with Gasteiger partial charge in [0.2, 0.25) is 0 Å². The summed E-state index contributed by atoms with van der Waals surface area (Å²) in [5, 5.41) is 11.4. The molecule has 0 radical (unpaired) electrons. The van der Waals surface area contributed by atoms with Crippen LogP contribution in [0.2, 0.25) is 5.02 Å². The smallest absolute Gasteiger partial charge is 0.260 e. The molecule has 1 amide bonds. The van der Waals surface area contributed by atoms with Crippen molar-refractivity contribution in [1.29, 1.82) is 0 Å². The highest BCUT2D eigenvalue weighted by molar-refractivity contribution is 7.16. The van der Waals surface area contributed by atoms with Crippen molar-refractivity contribution in [2.24, 2.45) is 0 Å². The molecule has 6 heteroatoms. The van der Waals surface area contributed by atoms with Gasteiger partial charge in [0, 0.05) is 10.6 Å². The largest absolute Gasteiger partial charge is 0.378 e. The zero-order valence-electron chi connectivity index (χ0n) is 14.7. The summed E-state index contributed by atoms with van der Waals surface area (Å²) in [5.41, 5.74) is 6.95. The van der Waals surface area contributed by atoms with Gasteiger partial charge in [-0.1, -0.05) is 41.9 Å². The van der Waals surface area contributed by atoms with Gasteiger partial charge in [-0.25, -0.2) is 4.98 Å². The number of halogens is 1. The molecule has 0 spiro atoms. The molecule has 1 N–H and O–H groups in total. The van der Waals surface area contributed by atoms with E-state index in [9.17, 15) is 9.90 Å². The van der Waals surface area contributed by atoms with Gasteiger partial charge in [0.25, 0.3) is 5.91 Å². The number of carbonyl (C=O) groups is 1. The molecule has 3 aromatic carbocycles. The fourth-order valence-electron chi connectivity index (χ4n) is 3.68. The van der Waals surface area contributed by atoms with Gasteiger partial charge in [0.1, 0.15) is 0 Å². The minimum atomic E-state index is -1.17. The lowest BCUT2D eigenvalue weighted by atomic mass is 9.96. The summed E-state index contributed by atoms with van der Waals surface area (Å²) >= 11 is 7.53. The van der Waals surface area contributed by atoms with Crippen molar-refractivity contribution in [1.82, 2.24) is 4.98 Å². The third kappa shape index (κ3) is 2.79. The Morgan fingerprint density at radius 2 is 1.93 bits per heavy atom. The second-order valence-corrected chi connectivity index (χ2v) is 8.05. The fraction of sp³-hybridized carbons (Fsp3) is 0.0909. The van der Waals surface area contributed by atoms with E-state index in [0.29, 0.717) is 17.1 Å². The summed E-state index contributed by atoms with van der Waals surface area (Å²) in [6.45, 7) is 0.386. The molecule has 5 rings (SSSR count). The Bertz CT molecular complexity index is 1200. The number of anilines is 1. The normalized spacial score (nSPS) is 16.0. The molecule has 1 unspecified atom stereocenters. The lowest BCUT2D eigenvalue weighted by Gasteiger charge is -2.18. The van der Waals surface area contributed by atoms with Crippen LogP contribution in [0.5, 0.6) is 0 Å². The van der Waals surface area contributed by atoms with Crippen LogP contribution in [0.1, 0.15) is 17.2 Å². The lowest BCUT2D eigenvalue weighted by Crippen LogP contribution is -2.28. The Labute approximate surface area is 170 Å². The molecule has 0 saturated carbocycles. The van der Waals surface area contributed by atoms with Crippen molar-refractivity contribution in [2.45, 2.75) is 12.6 Å². The van der Waals surface area contributed by atoms with E-state index in [-0.39, 0.29) is 5.91 Å². The van der Waals surface area contributed by atoms with Gasteiger partial charge in [-0.05, 0) is 47.0 Å². The number of hydrogen-bond donors (Lipinski definition) is 1. The fourth-order valence-corrected chi connectivity index (χ4v) is 4.52. The molecule has 1 aliphatic rings. The van der Waals surface area contributed by atoms with Crippen molar-refractivity contribution in [3.63, 3.8) is 0 Å². The van der Waals surface area contributed by atoms with Crippen molar-refractivity contribution in [2.75, 3.05) is 4.90 Å². The minimum Gasteiger partial charge on any atom is -0.378 e. The third-order valence-electron chi connectivity index (χ3n) is 5.04. The molecule has 0 saturated heterocycles. The number of amides is 1. The molecular formula is C22H15ClN2O2S. The topological polar surface area (TPSA) is 53.4 Å². The van der Waals surface area contributed by atoms with Gasteiger partial charge in [-0.15, -0.1) is 11.3 Å². The first-order chi connectivity index (χ1) is 13.6. The molecule has 28 heavy (non-hydrogen) atoms. The Kier molecular flexibility index (Phi) is 4.16. The van der Waals surface area contributed by atoms with Gasteiger partial charge in [0.15, 0.2) is 6.10 Å². The van der Waals surface area contributed by atoms with E-state index in [4.69, 9.17) is 11.6 Å². The molecular weight excluding hydrogens is 392 g/mol. The summed E-state index contributed by atoms with van der Waals surface area (Å²) in [5.74, 6) is -0.309. The summed E-state index contributed by atoms with van der Waals surface area (Å²) in [6.07, 6.45) is -1.17. The van der Waals surface area contributed by atoms with Gasteiger partial charge in [0.05, 0.1) is 28.0 Å². The van der Waals surface area contributed by atoms with E-state index in [1.807, 2.05) is 48.0 Å². The highest BCUT2D eigenvalue weighted by atomic mass is 35.5. The molecule has 2 heterocycles. The molecule has 4 nitrogen and oxygen atoms in total. The number of aliphatic hydroxyl groups is 1. The number of aliphatic hydroxyl groups excluding tert-OH is 1. The maximum Gasteiger partial charge on any atom is 0.260 e. The highest BCUT2D eigenvalue weighted by Gasteiger charge is 2.37. The van der Waals surface area contributed by atoms with Crippen molar-refractivity contribution >= 4 is 44.7 Å². The van der Waals surface area contributed by atoms with E-state index in [0.717, 1.165) is 32.6 Å². The van der Waals surface area contributed by atoms with E-state index in [1.165, 1.54) is 0 Å². The lowest BCUT2D eigenvalue weighted by molar-refractivity contribution is -0.125. The van der Waals surface area contributed by atoms with Crippen LogP contribution in [0.4, 0.5) is 5.69 Å². The predicted octanol–water partition coefficient (Wildman–Crippen LogP) is 5.20. The second-order valence-electron chi connectivity index (χ2n) is 6.73. The van der Waals surface area contributed by atoms with Crippen LogP contribution in [0.15, 0.2) is 66.2 Å². The first-order valence-electron chi connectivity index (χ1n) is 8.82. The Hall–Kier alpha value is -2.73. The van der Waals surface area contributed by atoms with E-state index < -0.39 is 6.10 Å². The predicted molar refractivity (Wildman–Crippen MR) is 113 cm³/mol. The van der Waals surface area contributed by atoms with Crippen LogP contribution >= 0.6 is 22.9 Å². The standard InChI is InChI=1S/C22H15ClN2O2S/c23-15-7-4-13(5-8-15)11-25-18-3-1-2-16(20(18)21(26)22(25)27)14-6-9-17-19(10-14)28-12-24-17/h1-10,12,21,26H,11H2. The van der Waals surface area contributed by atoms with Gasteiger partial charge >= 0.3 is 0 Å². The van der Waals surface area contributed by atoms with E-state index in [2.05, 4.69) is 11.1 Å². The molecule has 1 atom stereocenters. The summed E-state index contributed by atoms with van der Waals surface area (Å²) in [7, 11) is 0. The van der Waals surface area contributed by atoms with Crippen molar-refractivity contribution in [3.05, 3.63) is 82.3 Å². The highest BCUT2D eigenvalue weighted by Crippen LogP contribution is 2.43. The average Bonchev–Trinajstić information content (AvgIpc) is 3.28. The maximum absolute atomic E-state index is 12.8.